The number of benzene rings is 1. The SMILES string of the molecule is O=C(Cc1n[nH]c(=O)c2cc(-c3cccs3)nn12)Nc1ccc(F)c(Cl)c1. The van der Waals surface area contributed by atoms with Gasteiger partial charge in [0.2, 0.25) is 5.91 Å². The van der Waals surface area contributed by atoms with E-state index in [0.29, 0.717) is 16.9 Å². The number of aromatic nitrogens is 4. The number of anilines is 1. The molecule has 0 unspecified atom stereocenters. The Hall–Kier alpha value is -3.04. The van der Waals surface area contributed by atoms with E-state index < -0.39 is 17.3 Å². The molecular weight excluding hydrogens is 393 g/mol. The molecule has 0 aliphatic carbocycles. The number of nitrogens with zero attached hydrogens (tertiary/aromatic N) is 3. The normalized spacial score (nSPS) is 11.0. The fraction of sp³-hybridized carbons (Fsp3) is 0.0588. The van der Waals surface area contributed by atoms with E-state index in [1.807, 2.05) is 17.5 Å². The molecule has 0 fully saturated rings. The van der Waals surface area contributed by atoms with Gasteiger partial charge in [-0.1, -0.05) is 17.7 Å². The number of hydrogen-bond acceptors (Lipinski definition) is 5. The molecule has 3 heterocycles. The van der Waals surface area contributed by atoms with Gasteiger partial charge in [0.15, 0.2) is 5.82 Å². The average Bonchev–Trinajstić information content (AvgIpc) is 3.30. The van der Waals surface area contributed by atoms with Gasteiger partial charge in [-0.15, -0.1) is 11.3 Å². The minimum absolute atomic E-state index is 0.0926. The van der Waals surface area contributed by atoms with E-state index in [-0.39, 0.29) is 17.3 Å². The van der Waals surface area contributed by atoms with E-state index in [9.17, 15) is 14.0 Å². The van der Waals surface area contributed by atoms with E-state index in [1.54, 1.807) is 6.07 Å². The maximum atomic E-state index is 13.2. The number of amides is 1. The Morgan fingerprint density at radius 3 is 2.93 bits per heavy atom. The molecule has 4 aromatic rings. The summed E-state index contributed by atoms with van der Waals surface area (Å²) in [5.41, 5.74) is 0.864. The number of fused-ring (bicyclic) bond motifs is 1. The van der Waals surface area contributed by atoms with Crippen LogP contribution >= 0.6 is 22.9 Å². The third-order valence-corrected chi connectivity index (χ3v) is 4.95. The van der Waals surface area contributed by atoms with Crippen LogP contribution in [0.1, 0.15) is 5.82 Å². The van der Waals surface area contributed by atoms with Crippen LogP contribution in [-0.2, 0) is 11.2 Å². The second-order valence-corrected chi connectivity index (χ2v) is 6.98. The van der Waals surface area contributed by atoms with Gasteiger partial charge in [0.25, 0.3) is 5.56 Å². The number of carbonyl (C=O) groups is 1. The first-order valence-corrected chi connectivity index (χ1v) is 9.03. The minimum Gasteiger partial charge on any atom is -0.326 e. The monoisotopic (exact) mass is 403 g/mol. The van der Waals surface area contributed by atoms with Crippen molar-refractivity contribution in [2.45, 2.75) is 6.42 Å². The van der Waals surface area contributed by atoms with Crippen LogP contribution in [0, 0.1) is 5.82 Å². The van der Waals surface area contributed by atoms with Crippen LogP contribution in [0.2, 0.25) is 5.02 Å². The molecule has 0 spiro atoms. The zero-order valence-corrected chi connectivity index (χ0v) is 15.1. The predicted molar refractivity (Wildman–Crippen MR) is 101 cm³/mol. The summed E-state index contributed by atoms with van der Waals surface area (Å²) < 4.78 is 14.6. The maximum Gasteiger partial charge on any atom is 0.290 e. The van der Waals surface area contributed by atoms with Crippen molar-refractivity contribution in [2.24, 2.45) is 0 Å². The van der Waals surface area contributed by atoms with Crippen molar-refractivity contribution in [2.75, 3.05) is 5.32 Å². The smallest absolute Gasteiger partial charge is 0.290 e. The summed E-state index contributed by atoms with van der Waals surface area (Å²) in [5, 5.41) is 15.1. The van der Waals surface area contributed by atoms with Crippen LogP contribution in [0.3, 0.4) is 0 Å². The second-order valence-electron chi connectivity index (χ2n) is 5.63. The molecule has 27 heavy (non-hydrogen) atoms. The molecule has 7 nitrogen and oxygen atoms in total. The van der Waals surface area contributed by atoms with Gasteiger partial charge in [0.1, 0.15) is 17.0 Å². The van der Waals surface area contributed by atoms with Gasteiger partial charge in [0.05, 0.1) is 16.3 Å². The minimum atomic E-state index is -0.573. The number of carbonyl (C=O) groups excluding carboxylic acids is 1. The molecule has 0 saturated carbocycles. The summed E-state index contributed by atoms with van der Waals surface area (Å²) >= 11 is 7.20. The van der Waals surface area contributed by atoms with Gasteiger partial charge in [0, 0.05) is 5.69 Å². The number of aromatic amines is 1. The van der Waals surface area contributed by atoms with Gasteiger partial charge in [-0.3, -0.25) is 9.59 Å². The summed E-state index contributed by atoms with van der Waals surface area (Å²) in [6.45, 7) is 0. The fourth-order valence-corrected chi connectivity index (χ4v) is 3.40. The quantitative estimate of drug-likeness (QED) is 0.547. The zero-order valence-electron chi connectivity index (χ0n) is 13.6. The van der Waals surface area contributed by atoms with Crippen LogP contribution in [0.25, 0.3) is 16.1 Å². The first kappa shape index (κ1) is 17.4. The summed E-state index contributed by atoms with van der Waals surface area (Å²) in [4.78, 5) is 25.3. The zero-order chi connectivity index (χ0) is 19.0. The highest BCUT2D eigenvalue weighted by Crippen LogP contribution is 2.24. The van der Waals surface area contributed by atoms with Crippen molar-refractivity contribution in [3.8, 4) is 10.6 Å². The topological polar surface area (TPSA) is 92.2 Å². The summed E-state index contributed by atoms with van der Waals surface area (Å²) in [6, 6.07) is 9.29. The highest BCUT2D eigenvalue weighted by molar-refractivity contribution is 7.13. The third kappa shape index (κ3) is 3.46. The van der Waals surface area contributed by atoms with Crippen LogP contribution in [0.5, 0.6) is 0 Å². The Balaban J connectivity index is 1.63. The molecule has 1 aromatic carbocycles. The first-order valence-electron chi connectivity index (χ1n) is 7.77. The number of rotatable bonds is 4. The standard InChI is InChI=1S/C17H11ClFN5O2S/c18-10-6-9(3-4-11(10)19)20-16(25)8-15-21-22-17(26)13-7-12(23-24(13)15)14-2-1-5-27-14/h1-7H,8H2,(H,20,25)(H,22,26). The second kappa shape index (κ2) is 6.93. The van der Waals surface area contributed by atoms with Crippen molar-refractivity contribution in [1.29, 1.82) is 0 Å². The Kier molecular flexibility index (Phi) is 4.46. The summed E-state index contributed by atoms with van der Waals surface area (Å²) in [6.07, 6.45) is -0.145. The fourth-order valence-electron chi connectivity index (χ4n) is 2.54. The van der Waals surface area contributed by atoms with Crippen LogP contribution < -0.4 is 10.9 Å². The van der Waals surface area contributed by atoms with Crippen molar-refractivity contribution in [3.05, 3.63) is 68.8 Å². The van der Waals surface area contributed by atoms with Crippen molar-refractivity contribution >= 4 is 40.0 Å². The molecule has 4 rings (SSSR count). The van der Waals surface area contributed by atoms with Crippen molar-refractivity contribution in [3.63, 3.8) is 0 Å². The van der Waals surface area contributed by atoms with Gasteiger partial charge >= 0.3 is 0 Å². The summed E-state index contributed by atoms with van der Waals surface area (Å²) in [5.74, 6) is -0.721. The Bertz CT molecular complexity index is 1200. The molecule has 2 N–H and O–H groups in total. The van der Waals surface area contributed by atoms with Crippen LogP contribution in [0.15, 0.2) is 46.6 Å². The molecule has 0 radical (unpaired) electrons. The van der Waals surface area contributed by atoms with Crippen molar-refractivity contribution in [1.82, 2.24) is 19.8 Å². The number of hydrogen-bond donors (Lipinski definition) is 2. The van der Waals surface area contributed by atoms with Gasteiger partial charge in [-0.2, -0.15) is 10.2 Å². The van der Waals surface area contributed by atoms with Gasteiger partial charge in [-0.05, 0) is 35.7 Å². The third-order valence-electron chi connectivity index (χ3n) is 3.77. The Morgan fingerprint density at radius 2 is 2.19 bits per heavy atom. The predicted octanol–water partition coefficient (Wildman–Crippen LogP) is 3.12. The lowest BCUT2D eigenvalue weighted by atomic mass is 10.3. The molecule has 3 aromatic heterocycles. The molecule has 136 valence electrons. The van der Waals surface area contributed by atoms with Gasteiger partial charge < -0.3 is 5.32 Å². The van der Waals surface area contributed by atoms with E-state index in [4.69, 9.17) is 11.6 Å². The average molecular weight is 404 g/mol. The number of nitrogens with one attached hydrogen (secondary N) is 2. The van der Waals surface area contributed by atoms with E-state index in [2.05, 4.69) is 20.6 Å². The Labute approximate surface area is 160 Å². The lowest BCUT2D eigenvalue weighted by molar-refractivity contribution is -0.115. The molecular formula is C17H11ClFN5O2S. The highest BCUT2D eigenvalue weighted by Gasteiger charge is 2.15. The van der Waals surface area contributed by atoms with Crippen LogP contribution in [0.4, 0.5) is 10.1 Å². The molecule has 10 heteroatoms. The van der Waals surface area contributed by atoms with E-state index in [1.165, 1.54) is 28.0 Å². The summed E-state index contributed by atoms with van der Waals surface area (Å²) in [7, 11) is 0. The molecule has 1 amide bonds. The van der Waals surface area contributed by atoms with Crippen molar-refractivity contribution < 1.29 is 9.18 Å². The lowest BCUT2D eigenvalue weighted by Gasteiger charge is -2.06. The van der Waals surface area contributed by atoms with Gasteiger partial charge in [-0.25, -0.2) is 14.0 Å². The molecule has 0 aliphatic rings. The van der Waals surface area contributed by atoms with E-state index in [0.717, 1.165) is 10.9 Å². The molecule has 0 saturated heterocycles. The van der Waals surface area contributed by atoms with Crippen LogP contribution in [-0.4, -0.2) is 25.7 Å². The molecule has 0 atom stereocenters. The number of thiophene rings is 1. The largest absolute Gasteiger partial charge is 0.326 e. The molecule has 0 aliphatic heterocycles. The highest BCUT2D eigenvalue weighted by atomic mass is 35.5. The maximum absolute atomic E-state index is 13.2. The number of halogens is 2. The first-order chi connectivity index (χ1) is 13.0. The van der Waals surface area contributed by atoms with E-state index >= 15 is 0 Å². The lowest BCUT2D eigenvalue weighted by Crippen LogP contribution is -2.22. The molecule has 0 bridgehead atoms. The Morgan fingerprint density at radius 1 is 1.33 bits per heavy atom. The number of H-pyrrole nitrogens is 1.